The molecule has 0 fully saturated rings. The second-order valence-electron chi connectivity index (χ2n) is 8.27. The van der Waals surface area contributed by atoms with Gasteiger partial charge < -0.3 is 19.9 Å². The molecule has 0 radical (unpaired) electrons. The molecule has 200 valence electrons. The van der Waals surface area contributed by atoms with E-state index in [2.05, 4.69) is 10.3 Å². The van der Waals surface area contributed by atoms with Gasteiger partial charge in [-0.15, -0.1) is 0 Å². The summed E-state index contributed by atoms with van der Waals surface area (Å²) in [6, 6.07) is 10.6. The Hall–Kier alpha value is -3.81. The summed E-state index contributed by atoms with van der Waals surface area (Å²) in [5.41, 5.74) is 0.380. The Bertz CT molecular complexity index is 1360. The fraction of sp³-hybridized carbons (Fsp3) is 0.296. The molecular formula is C27H25ClF3N3O4. The van der Waals surface area contributed by atoms with Crippen LogP contribution in [0, 0.1) is 18.3 Å². The molecule has 2 aromatic carbocycles. The van der Waals surface area contributed by atoms with Crippen LogP contribution < -0.4 is 14.8 Å². The van der Waals surface area contributed by atoms with E-state index in [1.165, 1.54) is 19.2 Å². The second kappa shape index (κ2) is 12.6. The first kappa shape index (κ1) is 28.8. The highest BCUT2D eigenvalue weighted by atomic mass is 35.5. The van der Waals surface area contributed by atoms with Gasteiger partial charge in [0.15, 0.2) is 0 Å². The van der Waals surface area contributed by atoms with Crippen LogP contribution in [0.4, 0.5) is 13.2 Å². The Morgan fingerprint density at radius 3 is 2.61 bits per heavy atom. The van der Waals surface area contributed by atoms with Gasteiger partial charge in [0, 0.05) is 42.1 Å². The molecule has 1 heterocycles. The average Bonchev–Trinajstić information content (AvgIpc) is 2.89. The maximum Gasteiger partial charge on any atom is 0.433 e. The first-order chi connectivity index (χ1) is 18.1. The van der Waals surface area contributed by atoms with Crippen LogP contribution in [-0.2, 0) is 12.7 Å². The summed E-state index contributed by atoms with van der Waals surface area (Å²) in [5, 5.41) is 21.4. The van der Waals surface area contributed by atoms with E-state index in [0.717, 1.165) is 17.3 Å². The molecule has 0 unspecified atom stereocenters. The van der Waals surface area contributed by atoms with Crippen molar-refractivity contribution in [3.63, 3.8) is 0 Å². The molecule has 3 rings (SSSR count). The summed E-state index contributed by atoms with van der Waals surface area (Å²) in [7, 11) is 1.52. The molecule has 0 aliphatic carbocycles. The molecule has 3 aromatic rings. The van der Waals surface area contributed by atoms with E-state index in [0.29, 0.717) is 24.7 Å². The average molecular weight is 548 g/mol. The minimum atomic E-state index is -4.73. The SMILES string of the molecule is COc1cccc(C)c1CNC(=O)c1cc(-c2cnc(C(F)(F)F)cc2C#N)c(Cl)cc1OCCCCO. The van der Waals surface area contributed by atoms with E-state index in [1.54, 1.807) is 12.1 Å². The number of aliphatic hydroxyl groups excluding tert-OH is 1. The van der Waals surface area contributed by atoms with Crippen LogP contribution in [0.5, 0.6) is 11.5 Å². The number of hydrogen-bond donors (Lipinski definition) is 2. The predicted octanol–water partition coefficient (Wildman–Crippen LogP) is 5.69. The third-order valence-electron chi connectivity index (χ3n) is 5.74. The molecular weight excluding hydrogens is 523 g/mol. The highest BCUT2D eigenvalue weighted by Crippen LogP contribution is 2.37. The van der Waals surface area contributed by atoms with E-state index in [1.807, 2.05) is 19.1 Å². The molecule has 0 aliphatic heterocycles. The number of rotatable bonds is 10. The summed E-state index contributed by atoms with van der Waals surface area (Å²) >= 11 is 6.44. The smallest absolute Gasteiger partial charge is 0.433 e. The highest BCUT2D eigenvalue weighted by Gasteiger charge is 2.33. The number of alkyl halides is 3. The highest BCUT2D eigenvalue weighted by molar-refractivity contribution is 6.33. The van der Waals surface area contributed by atoms with Crippen molar-refractivity contribution in [2.45, 2.75) is 32.5 Å². The monoisotopic (exact) mass is 547 g/mol. The normalized spacial score (nSPS) is 11.1. The fourth-order valence-corrected chi connectivity index (χ4v) is 3.98. The first-order valence-corrected chi connectivity index (χ1v) is 11.9. The van der Waals surface area contributed by atoms with Crippen molar-refractivity contribution < 1.29 is 32.5 Å². The van der Waals surface area contributed by atoms with Gasteiger partial charge in [-0.2, -0.15) is 18.4 Å². The Kier molecular flexibility index (Phi) is 9.55. The molecule has 0 atom stereocenters. The number of unbranched alkanes of at least 4 members (excludes halogenated alkanes) is 1. The number of aliphatic hydroxyl groups is 1. The van der Waals surface area contributed by atoms with Gasteiger partial charge in [0.2, 0.25) is 0 Å². The fourth-order valence-electron chi connectivity index (χ4n) is 3.73. The summed E-state index contributed by atoms with van der Waals surface area (Å²) in [6.45, 7) is 2.17. The Morgan fingerprint density at radius 1 is 1.18 bits per heavy atom. The van der Waals surface area contributed by atoms with E-state index < -0.39 is 17.8 Å². The lowest BCUT2D eigenvalue weighted by Crippen LogP contribution is -2.24. The number of nitrogens with zero attached hydrogens (tertiary/aromatic N) is 2. The summed E-state index contributed by atoms with van der Waals surface area (Å²) in [6.07, 6.45) is -2.83. The predicted molar refractivity (Wildman–Crippen MR) is 135 cm³/mol. The van der Waals surface area contributed by atoms with Crippen molar-refractivity contribution in [1.29, 1.82) is 5.26 Å². The third-order valence-corrected chi connectivity index (χ3v) is 6.05. The van der Waals surface area contributed by atoms with Gasteiger partial charge in [-0.1, -0.05) is 23.7 Å². The summed E-state index contributed by atoms with van der Waals surface area (Å²) in [4.78, 5) is 16.8. The lowest BCUT2D eigenvalue weighted by atomic mass is 9.98. The van der Waals surface area contributed by atoms with E-state index in [-0.39, 0.29) is 52.8 Å². The molecule has 0 saturated carbocycles. The van der Waals surface area contributed by atoms with Gasteiger partial charge in [-0.3, -0.25) is 9.78 Å². The maximum atomic E-state index is 13.3. The van der Waals surface area contributed by atoms with Crippen LogP contribution in [0.2, 0.25) is 5.02 Å². The van der Waals surface area contributed by atoms with Crippen molar-refractivity contribution in [1.82, 2.24) is 10.3 Å². The van der Waals surface area contributed by atoms with Crippen molar-refractivity contribution >= 4 is 17.5 Å². The number of carbonyl (C=O) groups is 1. The number of halogens is 4. The van der Waals surface area contributed by atoms with Gasteiger partial charge in [-0.25, -0.2) is 0 Å². The number of benzene rings is 2. The van der Waals surface area contributed by atoms with Crippen LogP contribution >= 0.6 is 11.6 Å². The van der Waals surface area contributed by atoms with Gasteiger partial charge >= 0.3 is 6.18 Å². The van der Waals surface area contributed by atoms with Gasteiger partial charge in [0.1, 0.15) is 17.2 Å². The topological polar surface area (TPSA) is 104 Å². The molecule has 1 aromatic heterocycles. The van der Waals surface area contributed by atoms with Gasteiger partial charge in [0.25, 0.3) is 5.91 Å². The van der Waals surface area contributed by atoms with E-state index in [4.69, 9.17) is 26.2 Å². The molecule has 0 bridgehead atoms. The lowest BCUT2D eigenvalue weighted by Gasteiger charge is -2.17. The molecule has 2 N–H and O–H groups in total. The van der Waals surface area contributed by atoms with Gasteiger partial charge in [0.05, 0.1) is 35.9 Å². The lowest BCUT2D eigenvalue weighted by molar-refractivity contribution is -0.141. The molecule has 11 heteroatoms. The maximum absolute atomic E-state index is 13.3. The Balaban J connectivity index is 2.03. The minimum Gasteiger partial charge on any atom is -0.496 e. The first-order valence-electron chi connectivity index (χ1n) is 11.6. The number of ether oxygens (including phenoxy) is 2. The van der Waals surface area contributed by atoms with Crippen molar-refractivity contribution in [3.8, 4) is 28.7 Å². The molecule has 0 spiro atoms. The minimum absolute atomic E-state index is 0.0213. The molecule has 1 amide bonds. The zero-order valence-electron chi connectivity index (χ0n) is 20.7. The summed E-state index contributed by atoms with van der Waals surface area (Å²) in [5.74, 6) is 0.199. The number of aromatic nitrogens is 1. The third kappa shape index (κ3) is 6.73. The number of methoxy groups -OCH3 is 1. The standard InChI is InChI=1S/C27H25ClF3N3O4/c1-16-6-5-7-23(37-2)20(16)14-34-26(36)19-11-18(22(28)12-24(19)38-9-4-3-8-35)21-15-33-25(27(29,30)31)10-17(21)13-32/h5-7,10-12,15,35H,3-4,8-9,14H2,1-2H3,(H,34,36). The number of hydrogen-bond acceptors (Lipinski definition) is 6. The molecule has 0 aliphatic rings. The van der Waals surface area contributed by atoms with Crippen LogP contribution in [0.1, 0.15) is 45.6 Å². The van der Waals surface area contributed by atoms with Crippen LogP contribution in [0.25, 0.3) is 11.1 Å². The summed E-state index contributed by atoms with van der Waals surface area (Å²) < 4.78 is 50.5. The number of aryl methyl sites for hydroxylation is 1. The van der Waals surface area contributed by atoms with Crippen molar-refractivity contribution in [2.24, 2.45) is 0 Å². The quantitative estimate of drug-likeness (QED) is 0.316. The van der Waals surface area contributed by atoms with Gasteiger partial charge in [-0.05, 0) is 43.5 Å². The zero-order valence-corrected chi connectivity index (χ0v) is 21.4. The molecule has 0 saturated heterocycles. The van der Waals surface area contributed by atoms with E-state index in [9.17, 15) is 23.2 Å². The Morgan fingerprint density at radius 2 is 1.95 bits per heavy atom. The number of carbonyl (C=O) groups excluding carboxylic acids is 1. The largest absolute Gasteiger partial charge is 0.496 e. The number of nitrogens with one attached hydrogen (secondary N) is 1. The molecule has 38 heavy (non-hydrogen) atoms. The van der Waals surface area contributed by atoms with Crippen LogP contribution in [0.3, 0.4) is 0 Å². The number of amides is 1. The second-order valence-corrected chi connectivity index (χ2v) is 8.68. The zero-order chi connectivity index (χ0) is 27.9. The molecule has 7 nitrogen and oxygen atoms in total. The Labute approximate surface area is 222 Å². The number of pyridine rings is 1. The van der Waals surface area contributed by atoms with E-state index >= 15 is 0 Å². The van der Waals surface area contributed by atoms with Crippen LogP contribution in [-0.4, -0.2) is 36.3 Å². The van der Waals surface area contributed by atoms with Crippen molar-refractivity contribution in [2.75, 3.05) is 20.3 Å². The van der Waals surface area contributed by atoms with Crippen molar-refractivity contribution in [3.05, 3.63) is 75.6 Å². The number of nitriles is 1. The van der Waals surface area contributed by atoms with Crippen LogP contribution in [0.15, 0.2) is 42.6 Å².